The second-order valence-electron chi connectivity index (χ2n) is 4.55. The normalized spacial score (nSPS) is 10.9. The van der Waals surface area contributed by atoms with Gasteiger partial charge in [0.1, 0.15) is 5.82 Å². The van der Waals surface area contributed by atoms with Gasteiger partial charge in [-0.1, -0.05) is 5.21 Å². The van der Waals surface area contributed by atoms with Gasteiger partial charge < -0.3 is 5.32 Å². The summed E-state index contributed by atoms with van der Waals surface area (Å²) in [5, 5.41) is 21.3. The number of hydrogen-bond donors (Lipinski definition) is 2. The Bertz CT molecular complexity index is 882. The lowest BCUT2D eigenvalue weighted by molar-refractivity contribution is 0.881. The fourth-order valence-electron chi connectivity index (χ4n) is 2.14. The minimum atomic E-state index is 0.436. The summed E-state index contributed by atoms with van der Waals surface area (Å²) >= 11 is 0. The molecule has 0 atom stereocenters. The van der Waals surface area contributed by atoms with E-state index in [1.807, 2.05) is 24.3 Å². The maximum absolute atomic E-state index is 4.59. The number of nitrogens with one attached hydrogen (secondary N) is 2. The lowest BCUT2D eigenvalue weighted by Crippen LogP contribution is -2.07. The first-order chi connectivity index (χ1) is 10.9. The van der Waals surface area contributed by atoms with E-state index >= 15 is 0 Å². The zero-order valence-corrected chi connectivity index (χ0v) is 11.4. The van der Waals surface area contributed by atoms with Crippen LogP contribution < -0.4 is 5.32 Å². The third-order valence-electron chi connectivity index (χ3n) is 3.15. The van der Waals surface area contributed by atoms with Crippen LogP contribution >= 0.6 is 0 Å². The molecule has 22 heavy (non-hydrogen) atoms. The molecule has 9 nitrogen and oxygen atoms in total. The van der Waals surface area contributed by atoms with Gasteiger partial charge >= 0.3 is 0 Å². The van der Waals surface area contributed by atoms with Gasteiger partial charge in [-0.3, -0.25) is 4.98 Å². The van der Waals surface area contributed by atoms with Crippen molar-refractivity contribution in [3.05, 3.63) is 48.7 Å². The molecule has 0 radical (unpaired) electrons. The predicted molar refractivity (Wildman–Crippen MR) is 77.7 cm³/mol. The summed E-state index contributed by atoms with van der Waals surface area (Å²) in [5.74, 6) is 1.37. The number of hydrogen-bond acceptors (Lipinski definition) is 7. The molecule has 0 spiro atoms. The molecule has 4 aromatic heterocycles. The van der Waals surface area contributed by atoms with Crippen molar-refractivity contribution in [3.63, 3.8) is 0 Å². The van der Waals surface area contributed by atoms with E-state index in [0.717, 1.165) is 22.7 Å². The van der Waals surface area contributed by atoms with Crippen LogP contribution in [0.4, 0.5) is 5.82 Å². The molecule has 4 heterocycles. The van der Waals surface area contributed by atoms with E-state index in [9.17, 15) is 0 Å². The number of pyridine rings is 1. The molecule has 9 heteroatoms. The van der Waals surface area contributed by atoms with Crippen LogP contribution in [0.25, 0.3) is 16.9 Å². The molecule has 0 bridgehead atoms. The lowest BCUT2D eigenvalue weighted by Gasteiger charge is -2.09. The van der Waals surface area contributed by atoms with Crippen LogP contribution in [-0.4, -0.2) is 40.2 Å². The monoisotopic (exact) mass is 293 g/mol. The maximum atomic E-state index is 4.59. The summed E-state index contributed by atoms with van der Waals surface area (Å²) in [6.07, 6.45) is 5.19. The minimum absolute atomic E-state index is 0.436. The molecule has 2 N–H and O–H groups in total. The van der Waals surface area contributed by atoms with Gasteiger partial charge in [0.15, 0.2) is 11.5 Å². The fourth-order valence-corrected chi connectivity index (χ4v) is 2.14. The van der Waals surface area contributed by atoms with Crippen molar-refractivity contribution in [2.75, 3.05) is 5.32 Å². The molecule has 0 amide bonds. The van der Waals surface area contributed by atoms with Crippen LogP contribution in [0.15, 0.2) is 42.9 Å². The number of fused-ring (bicyclic) bond motifs is 1. The van der Waals surface area contributed by atoms with Crippen molar-refractivity contribution >= 4 is 11.5 Å². The van der Waals surface area contributed by atoms with Gasteiger partial charge in [0.2, 0.25) is 0 Å². The Morgan fingerprint density at radius 3 is 2.86 bits per heavy atom. The maximum Gasteiger partial charge on any atom is 0.193 e. The molecule has 108 valence electrons. The largest absolute Gasteiger partial charge is 0.362 e. The molecule has 0 fully saturated rings. The highest BCUT2D eigenvalue weighted by Gasteiger charge is 2.09. The zero-order valence-electron chi connectivity index (χ0n) is 11.4. The number of rotatable bonds is 4. The molecular formula is C13H11N9. The van der Waals surface area contributed by atoms with E-state index in [4.69, 9.17) is 0 Å². The topological polar surface area (TPSA) is 110 Å². The molecule has 0 saturated heterocycles. The Labute approximate surface area is 124 Å². The highest BCUT2D eigenvalue weighted by Crippen LogP contribution is 2.21. The van der Waals surface area contributed by atoms with E-state index in [0.29, 0.717) is 12.4 Å². The van der Waals surface area contributed by atoms with Gasteiger partial charge in [0, 0.05) is 30.1 Å². The highest BCUT2D eigenvalue weighted by molar-refractivity contribution is 5.65. The first-order valence-electron chi connectivity index (χ1n) is 6.61. The Morgan fingerprint density at radius 2 is 2.05 bits per heavy atom. The van der Waals surface area contributed by atoms with Crippen molar-refractivity contribution in [2.24, 2.45) is 0 Å². The number of tetrazole rings is 1. The minimum Gasteiger partial charge on any atom is -0.362 e. The zero-order chi connectivity index (χ0) is 14.8. The van der Waals surface area contributed by atoms with E-state index < -0.39 is 0 Å². The van der Waals surface area contributed by atoms with Gasteiger partial charge in [-0.25, -0.2) is 4.98 Å². The van der Waals surface area contributed by atoms with E-state index in [2.05, 4.69) is 41.0 Å². The summed E-state index contributed by atoms with van der Waals surface area (Å²) < 4.78 is 1.73. The standard InChI is InChI=1S/C13H11N9/c1-4-14-5-2-9(1)10-7-13(15-8-11-18-20-21-19-11)22-12(17-10)3-6-16-22/h1-7,15H,8H2,(H,18,19,20,21). The average Bonchev–Trinajstić information content (AvgIpc) is 3.24. The SMILES string of the molecule is c1cc(-c2cc(NCc3nn[nH]n3)n3nccc3n2)ccn1. The van der Waals surface area contributed by atoms with Gasteiger partial charge in [-0.15, -0.1) is 10.2 Å². The van der Waals surface area contributed by atoms with Gasteiger partial charge in [0.05, 0.1) is 18.4 Å². The van der Waals surface area contributed by atoms with Crippen LogP contribution in [0.5, 0.6) is 0 Å². The molecule has 0 aliphatic heterocycles. The summed E-state index contributed by atoms with van der Waals surface area (Å²) in [6, 6.07) is 7.61. The molecule has 0 aromatic carbocycles. The second-order valence-corrected chi connectivity index (χ2v) is 4.55. The summed E-state index contributed by atoms with van der Waals surface area (Å²) in [7, 11) is 0. The van der Waals surface area contributed by atoms with Gasteiger partial charge in [0.25, 0.3) is 0 Å². The predicted octanol–water partition coefficient (Wildman–Crippen LogP) is 0.916. The number of nitrogens with zero attached hydrogens (tertiary/aromatic N) is 7. The van der Waals surface area contributed by atoms with Crippen LogP contribution in [0.2, 0.25) is 0 Å². The van der Waals surface area contributed by atoms with Crippen LogP contribution in [-0.2, 0) is 6.54 Å². The number of aromatic amines is 1. The summed E-state index contributed by atoms with van der Waals surface area (Å²) in [6.45, 7) is 0.436. The van der Waals surface area contributed by atoms with Crippen LogP contribution in [0.1, 0.15) is 5.82 Å². The molecule has 0 aliphatic rings. The van der Waals surface area contributed by atoms with E-state index in [1.54, 1.807) is 23.1 Å². The van der Waals surface area contributed by atoms with Crippen LogP contribution in [0, 0.1) is 0 Å². The third kappa shape index (κ3) is 2.24. The lowest BCUT2D eigenvalue weighted by atomic mass is 10.2. The van der Waals surface area contributed by atoms with Crippen molar-refractivity contribution in [1.29, 1.82) is 0 Å². The molecule has 4 aromatic rings. The molecule has 0 aliphatic carbocycles. The molecule has 4 rings (SSSR count). The quantitative estimate of drug-likeness (QED) is 0.575. The number of aromatic nitrogens is 8. The van der Waals surface area contributed by atoms with Crippen molar-refractivity contribution in [2.45, 2.75) is 6.54 Å². The highest BCUT2D eigenvalue weighted by atomic mass is 15.5. The van der Waals surface area contributed by atoms with Crippen molar-refractivity contribution < 1.29 is 0 Å². The second kappa shape index (κ2) is 5.20. The first-order valence-corrected chi connectivity index (χ1v) is 6.61. The van der Waals surface area contributed by atoms with Crippen LogP contribution in [0.3, 0.4) is 0 Å². The average molecular weight is 293 g/mol. The van der Waals surface area contributed by atoms with E-state index in [1.165, 1.54) is 0 Å². The smallest absolute Gasteiger partial charge is 0.193 e. The first kappa shape index (κ1) is 12.4. The Morgan fingerprint density at radius 1 is 1.14 bits per heavy atom. The molecule has 0 unspecified atom stereocenters. The van der Waals surface area contributed by atoms with Gasteiger partial charge in [-0.05, 0) is 12.1 Å². The molecular weight excluding hydrogens is 282 g/mol. The Kier molecular flexibility index (Phi) is 2.93. The summed E-state index contributed by atoms with van der Waals surface area (Å²) in [5.41, 5.74) is 2.58. The fraction of sp³-hybridized carbons (Fsp3) is 0.0769. The van der Waals surface area contributed by atoms with Gasteiger partial charge in [-0.2, -0.15) is 14.8 Å². The molecule has 0 saturated carbocycles. The number of H-pyrrole nitrogens is 1. The van der Waals surface area contributed by atoms with Crippen molar-refractivity contribution in [1.82, 2.24) is 40.2 Å². The Hall–Kier alpha value is -3.36. The van der Waals surface area contributed by atoms with Crippen molar-refractivity contribution in [3.8, 4) is 11.3 Å². The Balaban J connectivity index is 1.74. The third-order valence-corrected chi connectivity index (χ3v) is 3.15. The van der Waals surface area contributed by atoms with E-state index in [-0.39, 0.29) is 0 Å². The summed E-state index contributed by atoms with van der Waals surface area (Å²) in [4.78, 5) is 8.62. The number of anilines is 1.